The van der Waals surface area contributed by atoms with Crippen molar-refractivity contribution in [3.63, 3.8) is 0 Å². The van der Waals surface area contributed by atoms with Gasteiger partial charge in [-0.3, -0.25) is 14.7 Å². The van der Waals surface area contributed by atoms with E-state index in [2.05, 4.69) is 49.4 Å². The minimum atomic E-state index is 0. The lowest BCUT2D eigenvalue weighted by Gasteiger charge is -2.37. The zero-order valence-electron chi connectivity index (χ0n) is 19.4. The smallest absolute Gasteiger partial charge is 0.225 e. The first kappa shape index (κ1) is 25.6. The van der Waals surface area contributed by atoms with Crippen molar-refractivity contribution in [2.24, 2.45) is 10.9 Å². The lowest BCUT2D eigenvalue weighted by Crippen LogP contribution is -2.53. The van der Waals surface area contributed by atoms with E-state index in [0.717, 1.165) is 90.8 Å². The molecule has 9 heteroatoms. The van der Waals surface area contributed by atoms with Crippen LogP contribution in [0.3, 0.4) is 0 Å². The molecule has 0 radical (unpaired) electrons. The maximum Gasteiger partial charge on any atom is 0.225 e. The molecule has 0 bridgehead atoms. The molecule has 1 amide bonds. The third-order valence-electron chi connectivity index (χ3n) is 6.80. The maximum absolute atomic E-state index is 12.6. The topological polar surface area (TPSA) is 54.4 Å². The van der Waals surface area contributed by atoms with Crippen LogP contribution >= 0.6 is 35.3 Å². The second-order valence-electron chi connectivity index (χ2n) is 8.81. The third-order valence-corrected chi connectivity index (χ3v) is 7.73. The van der Waals surface area contributed by atoms with Crippen LogP contribution in [0.1, 0.15) is 32.6 Å². The number of amides is 1. The van der Waals surface area contributed by atoms with E-state index in [1.165, 1.54) is 17.8 Å². The highest BCUT2D eigenvalue weighted by molar-refractivity contribution is 14.0. The summed E-state index contributed by atoms with van der Waals surface area (Å²) >= 11 is 1.82. The van der Waals surface area contributed by atoms with Crippen molar-refractivity contribution in [1.82, 2.24) is 20.0 Å². The van der Waals surface area contributed by atoms with Gasteiger partial charge >= 0.3 is 0 Å². The number of piperazine rings is 2. The lowest BCUT2D eigenvalue weighted by atomic mass is 10.1. The van der Waals surface area contributed by atoms with Gasteiger partial charge in [-0.15, -0.1) is 35.3 Å². The lowest BCUT2D eigenvalue weighted by molar-refractivity contribution is -0.137. The number of nitrogens with one attached hydrogen (secondary N) is 1. The molecule has 1 aromatic rings. The molecule has 2 aliphatic heterocycles. The third kappa shape index (κ3) is 6.72. The molecule has 180 valence electrons. The first-order chi connectivity index (χ1) is 15.2. The van der Waals surface area contributed by atoms with E-state index in [4.69, 9.17) is 4.99 Å². The molecule has 1 N–H and O–H groups in total. The summed E-state index contributed by atoms with van der Waals surface area (Å²) in [4.78, 5) is 27.0. The number of carbonyl (C=O) groups excluding carboxylic acids is 1. The van der Waals surface area contributed by atoms with Crippen molar-refractivity contribution in [1.29, 1.82) is 0 Å². The van der Waals surface area contributed by atoms with E-state index in [1.54, 1.807) is 0 Å². The Kier molecular flexibility index (Phi) is 10.4. The second-order valence-corrected chi connectivity index (χ2v) is 9.74. The van der Waals surface area contributed by atoms with Crippen molar-refractivity contribution >= 4 is 52.2 Å². The number of guanidine groups is 1. The summed E-state index contributed by atoms with van der Waals surface area (Å²) in [5.74, 6) is 1.76. The van der Waals surface area contributed by atoms with Crippen LogP contribution < -0.4 is 10.2 Å². The van der Waals surface area contributed by atoms with E-state index in [1.807, 2.05) is 11.3 Å². The minimum absolute atomic E-state index is 0. The second kappa shape index (κ2) is 13.0. The minimum Gasteiger partial charge on any atom is -0.360 e. The van der Waals surface area contributed by atoms with Gasteiger partial charge < -0.3 is 20.0 Å². The summed E-state index contributed by atoms with van der Waals surface area (Å²) < 4.78 is 0. The number of rotatable bonds is 6. The number of carbonyl (C=O) groups is 1. The number of thiophene rings is 1. The predicted molar refractivity (Wildman–Crippen MR) is 144 cm³/mol. The van der Waals surface area contributed by atoms with Gasteiger partial charge in [-0.2, -0.15) is 0 Å². The Morgan fingerprint density at radius 1 is 1.06 bits per heavy atom. The molecular weight excluding hydrogens is 535 g/mol. The molecule has 0 spiro atoms. The summed E-state index contributed by atoms with van der Waals surface area (Å²) in [6.07, 6.45) is 4.66. The largest absolute Gasteiger partial charge is 0.360 e. The molecule has 32 heavy (non-hydrogen) atoms. The number of anilines is 1. The summed E-state index contributed by atoms with van der Waals surface area (Å²) in [6, 6.07) is 4.34. The van der Waals surface area contributed by atoms with Gasteiger partial charge in [0.05, 0.1) is 11.5 Å². The molecule has 3 fully saturated rings. The number of nitrogens with zero attached hydrogens (tertiary/aromatic N) is 5. The van der Waals surface area contributed by atoms with Crippen LogP contribution in [-0.2, 0) is 4.79 Å². The van der Waals surface area contributed by atoms with Crippen LogP contribution in [-0.4, -0.2) is 98.6 Å². The molecule has 7 nitrogen and oxygen atoms in total. The highest BCUT2D eigenvalue weighted by atomic mass is 127. The summed E-state index contributed by atoms with van der Waals surface area (Å²) in [5, 5.41) is 7.00. The normalized spacial score (nSPS) is 21.0. The molecule has 0 unspecified atom stereocenters. The van der Waals surface area contributed by atoms with E-state index < -0.39 is 0 Å². The number of aliphatic imine (C=N–C) groups is 1. The van der Waals surface area contributed by atoms with Crippen LogP contribution in [0.2, 0.25) is 0 Å². The van der Waals surface area contributed by atoms with Crippen molar-refractivity contribution in [3.8, 4) is 0 Å². The van der Waals surface area contributed by atoms with Gasteiger partial charge in [-0.1, -0.05) is 12.8 Å². The Bertz CT molecular complexity index is 708. The Morgan fingerprint density at radius 2 is 1.75 bits per heavy atom. The molecule has 0 aromatic carbocycles. The Morgan fingerprint density at radius 3 is 2.38 bits per heavy atom. The Labute approximate surface area is 214 Å². The number of hydrogen-bond donors (Lipinski definition) is 1. The highest BCUT2D eigenvalue weighted by Gasteiger charge is 2.29. The Balaban J connectivity index is 0.00000289. The van der Waals surface area contributed by atoms with Gasteiger partial charge in [0.15, 0.2) is 5.96 Å². The number of hydrogen-bond acceptors (Lipinski definition) is 5. The van der Waals surface area contributed by atoms with E-state index in [-0.39, 0.29) is 24.0 Å². The summed E-state index contributed by atoms with van der Waals surface area (Å²) in [6.45, 7) is 12.6. The molecular formula is C23H39IN6OS. The first-order valence-electron chi connectivity index (χ1n) is 12.1. The fourth-order valence-corrected chi connectivity index (χ4v) is 5.72. The zero-order chi connectivity index (χ0) is 21.5. The van der Waals surface area contributed by atoms with E-state index >= 15 is 0 Å². The molecule has 1 aromatic heterocycles. The van der Waals surface area contributed by atoms with Crippen molar-refractivity contribution in [3.05, 3.63) is 17.5 Å². The van der Waals surface area contributed by atoms with Crippen molar-refractivity contribution in [2.75, 3.05) is 76.9 Å². The molecule has 3 heterocycles. The van der Waals surface area contributed by atoms with E-state index in [9.17, 15) is 4.79 Å². The average Bonchev–Trinajstić information content (AvgIpc) is 3.53. The molecule has 0 atom stereocenters. The van der Waals surface area contributed by atoms with Gasteiger partial charge in [0.2, 0.25) is 5.91 Å². The van der Waals surface area contributed by atoms with Crippen LogP contribution in [0.5, 0.6) is 0 Å². The maximum atomic E-state index is 12.6. The molecule has 4 rings (SSSR count). The van der Waals surface area contributed by atoms with Crippen LogP contribution in [0, 0.1) is 5.92 Å². The average molecular weight is 575 g/mol. The first-order valence-corrected chi connectivity index (χ1v) is 13.0. The SMILES string of the molecule is CCNC(=NCCN1CCN(C(=O)C2CCCC2)CC1)N1CCN(c2cccs2)CC1.I. The summed E-state index contributed by atoms with van der Waals surface area (Å²) in [7, 11) is 0. The molecule has 3 aliphatic rings. The highest BCUT2D eigenvalue weighted by Crippen LogP contribution is 2.27. The van der Waals surface area contributed by atoms with Gasteiger partial charge in [0, 0.05) is 71.4 Å². The predicted octanol–water partition coefficient (Wildman–Crippen LogP) is 2.79. The number of halogens is 1. The van der Waals surface area contributed by atoms with Crippen LogP contribution in [0.25, 0.3) is 0 Å². The summed E-state index contributed by atoms with van der Waals surface area (Å²) in [5.41, 5.74) is 0. The van der Waals surface area contributed by atoms with Crippen molar-refractivity contribution < 1.29 is 4.79 Å². The van der Waals surface area contributed by atoms with Gasteiger partial charge in [-0.05, 0) is 37.3 Å². The van der Waals surface area contributed by atoms with Crippen molar-refractivity contribution in [2.45, 2.75) is 32.6 Å². The quantitative estimate of drug-likeness (QED) is 0.322. The fourth-order valence-electron chi connectivity index (χ4n) is 4.93. The van der Waals surface area contributed by atoms with Crippen LogP contribution in [0.4, 0.5) is 5.00 Å². The molecule has 1 saturated carbocycles. The van der Waals surface area contributed by atoms with E-state index in [0.29, 0.717) is 11.8 Å². The standard InChI is InChI=1S/C23H38N6OS.HI/c1-2-24-23(29-17-15-27(16-18-29)21-8-5-19-31-21)25-9-10-26-11-13-28(14-12-26)22(30)20-6-3-4-7-20;/h5,8,19-20H,2-4,6-7,9-18H2,1H3,(H,24,25);1H. The molecule has 1 aliphatic carbocycles. The van der Waals surface area contributed by atoms with Gasteiger partial charge in [0.1, 0.15) is 0 Å². The monoisotopic (exact) mass is 574 g/mol. The fraction of sp³-hybridized carbons (Fsp3) is 0.739. The zero-order valence-corrected chi connectivity index (χ0v) is 22.5. The van der Waals surface area contributed by atoms with Gasteiger partial charge in [-0.25, -0.2) is 0 Å². The molecule has 2 saturated heterocycles. The Hall–Kier alpha value is -1.07. The van der Waals surface area contributed by atoms with Crippen LogP contribution in [0.15, 0.2) is 22.5 Å². The van der Waals surface area contributed by atoms with Gasteiger partial charge in [0.25, 0.3) is 0 Å².